The van der Waals surface area contributed by atoms with Crippen LogP contribution in [0.15, 0.2) is 48.8 Å². The van der Waals surface area contributed by atoms with Crippen LogP contribution in [0, 0.1) is 12.8 Å². The Labute approximate surface area is 188 Å². The summed E-state index contributed by atoms with van der Waals surface area (Å²) in [6.07, 6.45) is 4.29. The maximum absolute atomic E-state index is 12.7. The van der Waals surface area contributed by atoms with Gasteiger partial charge in [0.1, 0.15) is 5.69 Å². The van der Waals surface area contributed by atoms with E-state index in [1.807, 2.05) is 45.0 Å². The molecular weight excluding hydrogens is 402 g/mol. The smallest absolute Gasteiger partial charge is 0.238 e. The summed E-state index contributed by atoms with van der Waals surface area (Å²) in [5.74, 6) is -0.604. The van der Waals surface area contributed by atoms with Crippen LogP contribution in [0.4, 0.5) is 5.69 Å². The van der Waals surface area contributed by atoms with E-state index in [4.69, 9.17) is 0 Å². The molecule has 2 aromatic heterocycles. The van der Waals surface area contributed by atoms with Gasteiger partial charge in [0.25, 0.3) is 0 Å². The highest BCUT2D eigenvalue weighted by molar-refractivity contribution is 6.05. The van der Waals surface area contributed by atoms with Crippen molar-refractivity contribution in [3.05, 3.63) is 71.3 Å². The fourth-order valence-electron chi connectivity index (χ4n) is 3.27. The standard InChI is InChI=1S/C25H29N5O2/c1-5-18-7-6-8-19(10-18)20-11-22(24(27-13-20)25(32)16(2)3)29-23(31)15-26-14-21-9-17(4)12-28-30-21/h6-13,16,26H,5,14-15H2,1-4H3,(H,29,31). The number of aryl methyl sites for hydroxylation is 2. The van der Waals surface area contributed by atoms with E-state index in [0.717, 1.165) is 28.8 Å². The van der Waals surface area contributed by atoms with Crippen molar-refractivity contribution >= 4 is 17.4 Å². The van der Waals surface area contributed by atoms with Crippen molar-refractivity contribution in [1.82, 2.24) is 20.5 Å². The van der Waals surface area contributed by atoms with Crippen LogP contribution >= 0.6 is 0 Å². The van der Waals surface area contributed by atoms with Gasteiger partial charge in [0.15, 0.2) is 5.78 Å². The summed E-state index contributed by atoms with van der Waals surface area (Å²) in [6, 6.07) is 11.9. The van der Waals surface area contributed by atoms with Crippen LogP contribution < -0.4 is 10.6 Å². The normalized spacial score (nSPS) is 10.9. The Morgan fingerprint density at radius 3 is 2.59 bits per heavy atom. The molecule has 3 aromatic rings. The van der Waals surface area contributed by atoms with Gasteiger partial charge in [-0.2, -0.15) is 10.2 Å². The number of carbonyl (C=O) groups excluding carboxylic acids is 2. The quantitative estimate of drug-likeness (QED) is 0.498. The van der Waals surface area contributed by atoms with Crippen molar-refractivity contribution in [3.63, 3.8) is 0 Å². The molecule has 0 saturated carbocycles. The van der Waals surface area contributed by atoms with E-state index in [9.17, 15) is 9.59 Å². The summed E-state index contributed by atoms with van der Waals surface area (Å²) < 4.78 is 0. The average molecular weight is 432 g/mol. The zero-order chi connectivity index (χ0) is 23.1. The lowest BCUT2D eigenvalue weighted by atomic mass is 10.00. The molecular formula is C25H29N5O2. The Balaban J connectivity index is 1.78. The molecule has 0 bridgehead atoms. The lowest BCUT2D eigenvalue weighted by Gasteiger charge is -2.14. The van der Waals surface area contributed by atoms with E-state index in [0.29, 0.717) is 12.2 Å². The number of hydrogen-bond donors (Lipinski definition) is 2. The molecule has 7 heteroatoms. The van der Waals surface area contributed by atoms with Gasteiger partial charge in [-0.05, 0) is 42.2 Å². The summed E-state index contributed by atoms with van der Waals surface area (Å²) in [4.78, 5) is 29.7. The lowest BCUT2D eigenvalue weighted by molar-refractivity contribution is -0.115. The van der Waals surface area contributed by atoms with Crippen LogP contribution in [0.3, 0.4) is 0 Å². The molecule has 0 atom stereocenters. The first-order valence-electron chi connectivity index (χ1n) is 10.8. The molecule has 7 nitrogen and oxygen atoms in total. The molecule has 2 heterocycles. The second kappa shape index (κ2) is 10.7. The summed E-state index contributed by atoms with van der Waals surface area (Å²) in [6.45, 7) is 8.16. The Kier molecular flexibility index (Phi) is 7.78. The molecule has 3 rings (SSSR count). The summed E-state index contributed by atoms with van der Waals surface area (Å²) >= 11 is 0. The molecule has 0 fully saturated rings. The molecule has 0 saturated heterocycles. The van der Waals surface area contributed by atoms with Gasteiger partial charge in [0, 0.05) is 24.2 Å². The number of hydrogen-bond acceptors (Lipinski definition) is 6. The third kappa shape index (κ3) is 6.04. The molecule has 1 amide bonds. The van der Waals surface area contributed by atoms with Crippen LogP contribution in [0.5, 0.6) is 0 Å². The van der Waals surface area contributed by atoms with Crippen LogP contribution in [0.1, 0.15) is 48.1 Å². The van der Waals surface area contributed by atoms with Crippen molar-refractivity contribution < 1.29 is 9.59 Å². The minimum atomic E-state index is -0.260. The first kappa shape index (κ1) is 23.2. The van der Waals surface area contributed by atoms with Crippen molar-refractivity contribution in [2.75, 3.05) is 11.9 Å². The average Bonchev–Trinajstić information content (AvgIpc) is 2.78. The maximum Gasteiger partial charge on any atom is 0.238 e. The Hall–Kier alpha value is -3.45. The minimum Gasteiger partial charge on any atom is -0.323 e. The number of nitrogens with one attached hydrogen (secondary N) is 2. The molecule has 0 spiro atoms. The number of aromatic nitrogens is 3. The van der Waals surface area contributed by atoms with Crippen molar-refractivity contribution in [3.8, 4) is 11.1 Å². The maximum atomic E-state index is 12.7. The largest absolute Gasteiger partial charge is 0.323 e. The van der Waals surface area contributed by atoms with Crippen molar-refractivity contribution in [2.24, 2.45) is 5.92 Å². The number of carbonyl (C=O) groups is 2. The van der Waals surface area contributed by atoms with Gasteiger partial charge in [-0.3, -0.25) is 14.6 Å². The van der Waals surface area contributed by atoms with Gasteiger partial charge < -0.3 is 10.6 Å². The van der Waals surface area contributed by atoms with Crippen LogP contribution in [-0.4, -0.2) is 33.4 Å². The van der Waals surface area contributed by atoms with Crippen LogP contribution in [-0.2, 0) is 17.8 Å². The molecule has 0 aliphatic carbocycles. The zero-order valence-electron chi connectivity index (χ0n) is 19.0. The third-order valence-corrected chi connectivity index (χ3v) is 5.02. The van der Waals surface area contributed by atoms with Crippen LogP contribution in [0.2, 0.25) is 0 Å². The molecule has 0 aliphatic heterocycles. The van der Waals surface area contributed by atoms with Gasteiger partial charge in [-0.25, -0.2) is 0 Å². The predicted octanol–water partition coefficient (Wildman–Crippen LogP) is 3.98. The molecule has 0 unspecified atom stereocenters. The summed E-state index contributed by atoms with van der Waals surface area (Å²) in [7, 11) is 0. The Morgan fingerprint density at radius 2 is 1.88 bits per heavy atom. The Morgan fingerprint density at radius 1 is 1.06 bits per heavy atom. The number of amides is 1. The van der Waals surface area contributed by atoms with Crippen molar-refractivity contribution in [2.45, 2.75) is 40.7 Å². The molecule has 0 aliphatic rings. The number of ketones is 1. The summed E-state index contributed by atoms with van der Waals surface area (Å²) in [5, 5.41) is 13.9. The number of nitrogens with zero attached hydrogens (tertiary/aromatic N) is 3. The van der Waals surface area contributed by atoms with E-state index in [2.05, 4.69) is 44.9 Å². The van der Waals surface area contributed by atoms with Gasteiger partial charge in [-0.1, -0.05) is 45.0 Å². The number of benzene rings is 1. The lowest BCUT2D eigenvalue weighted by Crippen LogP contribution is -2.29. The van der Waals surface area contributed by atoms with Gasteiger partial charge in [0.05, 0.1) is 24.1 Å². The van der Waals surface area contributed by atoms with Gasteiger partial charge in [-0.15, -0.1) is 0 Å². The highest BCUT2D eigenvalue weighted by Crippen LogP contribution is 2.26. The van der Waals surface area contributed by atoms with Crippen LogP contribution in [0.25, 0.3) is 11.1 Å². The predicted molar refractivity (Wildman–Crippen MR) is 125 cm³/mol. The first-order valence-corrected chi connectivity index (χ1v) is 10.8. The second-order valence-electron chi connectivity index (χ2n) is 8.07. The highest BCUT2D eigenvalue weighted by atomic mass is 16.2. The number of pyridine rings is 1. The first-order chi connectivity index (χ1) is 15.4. The highest BCUT2D eigenvalue weighted by Gasteiger charge is 2.19. The van der Waals surface area contributed by atoms with E-state index in [1.54, 1.807) is 12.4 Å². The third-order valence-electron chi connectivity index (χ3n) is 5.02. The fourth-order valence-corrected chi connectivity index (χ4v) is 3.27. The molecule has 0 radical (unpaired) electrons. The SMILES string of the molecule is CCc1cccc(-c2cnc(C(=O)C(C)C)c(NC(=O)CNCc3cc(C)cnn3)c2)c1. The fraction of sp³-hybridized carbons (Fsp3) is 0.320. The van der Waals surface area contributed by atoms with Crippen molar-refractivity contribution in [1.29, 1.82) is 0 Å². The molecule has 166 valence electrons. The monoisotopic (exact) mass is 431 g/mol. The van der Waals surface area contributed by atoms with Gasteiger partial charge >= 0.3 is 0 Å². The van der Waals surface area contributed by atoms with E-state index in [-0.39, 0.29) is 29.8 Å². The molecule has 32 heavy (non-hydrogen) atoms. The number of anilines is 1. The minimum absolute atomic E-state index is 0.0699. The summed E-state index contributed by atoms with van der Waals surface area (Å²) in [5.41, 5.74) is 5.50. The van der Waals surface area contributed by atoms with E-state index < -0.39 is 0 Å². The zero-order valence-corrected chi connectivity index (χ0v) is 19.0. The van der Waals surface area contributed by atoms with Gasteiger partial charge in [0.2, 0.25) is 5.91 Å². The topological polar surface area (TPSA) is 96.9 Å². The number of rotatable bonds is 9. The molecule has 1 aromatic carbocycles. The Bertz CT molecular complexity index is 1110. The van der Waals surface area contributed by atoms with E-state index >= 15 is 0 Å². The molecule has 2 N–H and O–H groups in total. The second-order valence-corrected chi connectivity index (χ2v) is 8.07. The number of Topliss-reactive ketones (excluding diaryl/α,β-unsaturated/α-hetero) is 1. The van der Waals surface area contributed by atoms with E-state index in [1.165, 1.54) is 5.56 Å².